The van der Waals surface area contributed by atoms with E-state index < -0.39 is 10.2 Å². The Morgan fingerprint density at radius 1 is 1.22 bits per heavy atom. The zero-order valence-corrected chi connectivity index (χ0v) is 10.2. The van der Waals surface area contributed by atoms with Crippen molar-refractivity contribution in [1.82, 2.24) is 4.73 Å². The van der Waals surface area contributed by atoms with Crippen LogP contribution in [0.5, 0.6) is 0 Å². The molecular weight excluding hydrogens is 319 g/mol. The number of hydrogen-bond donors (Lipinski definition) is 1. The molecule has 0 saturated carbocycles. The minimum atomic E-state index is -4.69. The van der Waals surface area contributed by atoms with Crippen molar-refractivity contribution in [3.63, 3.8) is 0 Å². The molecule has 101 valence electrons. The fourth-order valence-corrected chi connectivity index (χ4v) is 1.12. The van der Waals surface area contributed by atoms with Gasteiger partial charge < -0.3 is 9.94 Å². The van der Waals surface area contributed by atoms with Gasteiger partial charge in [0, 0.05) is 11.0 Å². The van der Waals surface area contributed by atoms with E-state index in [1.807, 2.05) is 0 Å². The van der Waals surface area contributed by atoms with Gasteiger partial charge in [-0.15, -0.1) is 0 Å². The monoisotopic (exact) mass is 325 g/mol. The summed E-state index contributed by atoms with van der Waals surface area (Å²) in [5.74, 6) is 0. The number of aromatic nitrogens is 2. The van der Waals surface area contributed by atoms with Crippen molar-refractivity contribution in [3.05, 3.63) is 46.8 Å². The standard InChI is InChI=1S/C8H6N2O2.ClHO4.Cu/c11-9-5-6-10(12)8-4-2-1-3-7(8)9;2-1(3,4)5;/h1-6H;(H,2,3,4,5);/q;;+2. The molecule has 1 aromatic carbocycles. The van der Waals surface area contributed by atoms with Crippen LogP contribution < -0.4 is 18.4 Å². The molecule has 2 rings (SSSR count). The van der Waals surface area contributed by atoms with E-state index in [2.05, 4.69) is 0 Å². The van der Waals surface area contributed by atoms with E-state index >= 15 is 0 Å². The van der Waals surface area contributed by atoms with Crippen molar-refractivity contribution < 1.29 is 50.4 Å². The quantitative estimate of drug-likeness (QED) is 0.399. The zero-order valence-electron chi connectivity index (χ0n) is 8.53. The topological polar surface area (TPSA) is 140 Å². The molecule has 0 aliphatic heterocycles. The number of benzene rings is 1. The number of hydrogen-bond acceptors (Lipinski definition) is 6. The molecule has 0 spiro atoms. The van der Waals surface area contributed by atoms with E-state index in [0.29, 0.717) is 20.2 Å². The van der Waals surface area contributed by atoms with Crippen LogP contribution in [0.4, 0.5) is 0 Å². The average molecular weight is 326 g/mol. The SMILES string of the molecule is O=[n+]1ccn([O-])c2ccccc21.[Cu+2].[O-][Cl+3]([O-])([O-])O. The van der Waals surface area contributed by atoms with Gasteiger partial charge in [-0.3, -0.25) is 0 Å². The molecule has 0 saturated heterocycles. The molecule has 8 nitrogen and oxygen atoms in total. The summed E-state index contributed by atoms with van der Waals surface area (Å²) in [6.07, 6.45) is 2.38. The maximum atomic E-state index is 11.1. The minimum Gasteiger partial charge on any atom is -0.805 e. The van der Waals surface area contributed by atoms with Gasteiger partial charge in [0.15, 0.2) is 0 Å². The third-order valence-corrected chi connectivity index (χ3v) is 1.69. The van der Waals surface area contributed by atoms with E-state index in [1.165, 1.54) is 12.4 Å². The van der Waals surface area contributed by atoms with Crippen molar-refractivity contribution in [3.8, 4) is 0 Å². The van der Waals surface area contributed by atoms with E-state index in [9.17, 15) is 10.1 Å². The Morgan fingerprint density at radius 2 is 1.72 bits per heavy atom. The number of rotatable bonds is 0. The summed E-state index contributed by atoms with van der Waals surface area (Å²) < 4.78 is 34.1. The van der Waals surface area contributed by atoms with Crippen molar-refractivity contribution in [2.75, 3.05) is 0 Å². The summed E-state index contributed by atoms with van der Waals surface area (Å²) in [5.41, 5.74) is 0.769. The second-order valence-corrected chi connectivity index (χ2v) is 3.63. The summed E-state index contributed by atoms with van der Waals surface area (Å²) in [6, 6.07) is 6.65. The molecule has 2 aromatic rings. The summed E-state index contributed by atoms with van der Waals surface area (Å²) in [4.78, 5) is 11.1. The molecule has 10 heteroatoms. The first-order valence-corrected chi connectivity index (χ1v) is 5.39. The second-order valence-electron chi connectivity index (χ2n) is 2.83. The van der Waals surface area contributed by atoms with Crippen molar-refractivity contribution >= 4 is 11.0 Å². The van der Waals surface area contributed by atoms with Crippen LogP contribution in [0.15, 0.2) is 36.7 Å². The smallest absolute Gasteiger partial charge is 0.805 e. The molecular formula is C8H7ClCuN2O6+2. The summed E-state index contributed by atoms with van der Waals surface area (Å²) >= 11 is 0. The maximum absolute atomic E-state index is 11.1. The van der Waals surface area contributed by atoms with E-state index in [1.54, 1.807) is 24.3 Å². The van der Waals surface area contributed by atoms with E-state index in [-0.39, 0.29) is 17.1 Å². The molecule has 1 radical (unpaired) electrons. The van der Waals surface area contributed by atoms with Gasteiger partial charge in [0.05, 0.1) is 25.5 Å². The first-order chi connectivity index (χ1) is 7.79. The van der Waals surface area contributed by atoms with Crippen molar-refractivity contribution in [2.24, 2.45) is 0 Å². The normalized spacial score (nSPS) is 10.2. The van der Waals surface area contributed by atoms with Gasteiger partial charge in [-0.2, -0.15) is 14.0 Å². The predicted octanol–water partition coefficient (Wildman–Crippen LogP) is -3.22. The summed E-state index contributed by atoms with van der Waals surface area (Å²) in [6.45, 7) is 0. The molecule has 0 aliphatic rings. The predicted molar refractivity (Wildman–Crippen MR) is 46.3 cm³/mol. The fraction of sp³-hybridized carbons (Fsp3) is 0. The van der Waals surface area contributed by atoms with E-state index in [0.717, 1.165) is 0 Å². The Labute approximate surface area is 113 Å². The van der Waals surface area contributed by atoms with Gasteiger partial charge in [-0.1, -0.05) is 12.1 Å². The van der Waals surface area contributed by atoms with Crippen LogP contribution in [0.3, 0.4) is 0 Å². The number of para-hydroxylation sites is 2. The second kappa shape index (κ2) is 6.66. The van der Waals surface area contributed by atoms with Gasteiger partial charge in [-0.25, -0.2) is 0 Å². The Balaban J connectivity index is 0.000000421. The Bertz CT molecular complexity index is 563. The van der Waals surface area contributed by atoms with Gasteiger partial charge in [0.2, 0.25) is 6.20 Å². The number of nitrogens with zero attached hydrogens (tertiary/aromatic N) is 2. The average Bonchev–Trinajstić information content (AvgIpc) is 2.22. The van der Waals surface area contributed by atoms with Gasteiger partial charge in [-0.05, 0) is 6.07 Å². The largest absolute Gasteiger partial charge is 2.00 e. The maximum Gasteiger partial charge on any atom is 2.00 e. The molecule has 18 heavy (non-hydrogen) atoms. The third kappa shape index (κ3) is 5.43. The Morgan fingerprint density at radius 3 is 2.22 bits per heavy atom. The molecule has 1 N–H and O–H groups in total. The molecule has 0 atom stereocenters. The van der Waals surface area contributed by atoms with Gasteiger partial charge in [0.1, 0.15) is 5.52 Å². The number of fused-ring (bicyclic) bond motifs is 1. The molecule has 0 fully saturated rings. The molecule has 1 aromatic heterocycles. The molecule has 0 aliphatic carbocycles. The van der Waals surface area contributed by atoms with Crippen LogP contribution in [-0.2, 0) is 17.1 Å². The molecule has 0 unspecified atom stereocenters. The van der Waals surface area contributed by atoms with Crippen LogP contribution in [-0.4, -0.2) is 9.39 Å². The van der Waals surface area contributed by atoms with Crippen LogP contribution >= 0.6 is 0 Å². The molecule has 1 heterocycles. The molecule has 0 amide bonds. The van der Waals surface area contributed by atoms with Crippen LogP contribution in [0.2, 0.25) is 0 Å². The van der Waals surface area contributed by atoms with E-state index in [4.69, 9.17) is 18.6 Å². The first-order valence-electron chi connectivity index (χ1n) is 4.12. The first kappa shape index (κ1) is 16.8. The van der Waals surface area contributed by atoms with Gasteiger partial charge in [0.25, 0.3) is 5.52 Å². The summed E-state index contributed by atoms with van der Waals surface area (Å²) in [5, 5.41) is 11.1. The van der Waals surface area contributed by atoms with Crippen molar-refractivity contribution in [1.29, 1.82) is 0 Å². The Hall–Kier alpha value is -1.19. The Kier molecular flexibility index (Phi) is 6.22. The molecule has 0 bridgehead atoms. The third-order valence-electron chi connectivity index (χ3n) is 1.69. The van der Waals surface area contributed by atoms with Crippen LogP contribution in [0.25, 0.3) is 11.0 Å². The number of halogens is 1. The fourth-order valence-electron chi connectivity index (χ4n) is 1.12. The van der Waals surface area contributed by atoms with Crippen LogP contribution in [0, 0.1) is 20.4 Å². The zero-order chi connectivity index (χ0) is 13.1. The minimum absolute atomic E-state index is 0. The van der Waals surface area contributed by atoms with Crippen LogP contribution in [0.1, 0.15) is 0 Å². The summed E-state index contributed by atoms with van der Waals surface area (Å²) in [7, 11) is -4.69. The van der Waals surface area contributed by atoms with Crippen molar-refractivity contribution in [2.45, 2.75) is 0 Å². The van der Waals surface area contributed by atoms with Gasteiger partial charge >= 0.3 is 17.1 Å².